The van der Waals surface area contributed by atoms with E-state index in [1.165, 1.54) is 19.3 Å². The molecule has 0 radical (unpaired) electrons. The third kappa shape index (κ3) is 2.72. The molecule has 102 valence electrons. The molecule has 0 aromatic carbocycles. The van der Waals surface area contributed by atoms with Crippen LogP contribution in [0.25, 0.3) is 0 Å². The lowest BCUT2D eigenvalue weighted by Crippen LogP contribution is -2.32. The first-order valence-electron chi connectivity index (χ1n) is 7.06. The van der Waals surface area contributed by atoms with Crippen LogP contribution in [0.5, 0.6) is 0 Å². The number of nitrogens with zero attached hydrogens (tertiary/aromatic N) is 2. The second kappa shape index (κ2) is 6.07. The smallest absolute Gasteiger partial charge is 0.0834 e. The van der Waals surface area contributed by atoms with Gasteiger partial charge in [-0.25, -0.2) is 0 Å². The molecule has 1 aromatic heterocycles. The molecule has 3 unspecified atom stereocenters. The lowest BCUT2D eigenvalue weighted by Gasteiger charge is -2.28. The fraction of sp³-hybridized carbons (Fsp3) is 0.786. The van der Waals surface area contributed by atoms with Crippen molar-refractivity contribution in [2.75, 3.05) is 6.54 Å². The number of hydrogen-bond acceptors (Lipinski definition) is 2. The molecule has 3 atom stereocenters. The predicted molar refractivity (Wildman–Crippen MR) is 75.8 cm³/mol. The van der Waals surface area contributed by atoms with E-state index < -0.39 is 0 Å². The largest absolute Gasteiger partial charge is 0.308 e. The molecule has 0 aliphatic heterocycles. The average molecular weight is 270 g/mol. The molecule has 3 nitrogen and oxygen atoms in total. The Hall–Kier alpha value is -0.540. The van der Waals surface area contributed by atoms with E-state index in [9.17, 15) is 0 Å². The summed E-state index contributed by atoms with van der Waals surface area (Å²) < 4.78 is 1.93. The Kier molecular flexibility index (Phi) is 4.68. The van der Waals surface area contributed by atoms with Crippen molar-refractivity contribution in [1.82, 2.24) is 15.1 Å². The number of aromatic nitrogens is 2. The van der Waals surface area contributed by atoms with Gasteiger partial charge in [0, 0.05) is 7.05 Å². The molecule has 0 saturated heterocycles. The van der Waals surface area contributed by atoms with Crippen LogP contribution < -0.4 is 5.32 Å². The highest BCUT2D eigenvalue weighted by molar-refractivity contribution is 6.31. The van der Waals surface area contributed by atoms with Gasteiger partial charge < -0.3 is 5.32 Å². The maximum atomic E-state index is 6.32. The Morgan fingerprint density at radius 1 is 1.56 bits per heavy atom. The summed E-state index contributed by atoms with van der Waals surface area (Å²) in [6, 6.07) is 0.349. The number of aryl methyl sites for hydroxylation is 1. The van der Waals surface area contributed by atoms with Crippen LogP contribution >= 0.6 is 11.6 Å². The van der Waals surface area contributed by atoms with Gasteiger partial charge in [0.05, 0.1) is 23.0 Å². The first kappa shape index (κ1) is 13.9. The van der Waals surface area contributed by atoms with Gasteiger partial charge in [0.25, 0.3) is 0 Å². The summed E-state index contributed by atoms with van der Waals surface area (Å²) in [5, 5.41) is 8.76. The maximum absolute atomic E-state index is 6.32. The maximum Gasteiger partial charge on any atom is 0.0834 e. The fourth-order valence-corrected chi connectivity index (χ4v) is 3.47. The highest BCUT2D eigenvalue weighted by Gasteiger charge is 2.34. The Morgan fingerprint density at radius 2 is 2.33 bits per heavy atom. The molecule has 1 aliphatic carbocycles. The SMILES string of the molecule is CCCNC(c1c(Cl)cnn1C)C1CCCC1C. The number of rotatable bonds is 5. The summed E-state index contributed by atoms with van der Waals surface area (Å²) in [7, 11) is 1.99. The molecule has 1 saturated carbocycles. The molecule has 18 heavy (non-hydrogen) atoms. The van der Waals surface area contributed by atoms with E-state index in [0.29, 0.717) is 12.0 Å². The van der Waals surface area contributed by atoms with Crippen LogP contribution in [-0.4, -0.2) is 16.3 Å². The minimum absolute atomic E-state index is 0.349. The van der Waals surface area contributed by atoms with Gasteiger partial charge in [-0.05, 0) is 31.2 Å². The van der Waals surface area contributed by atoms with Crippen LogP contribution in [0.4, 0.5) is 0 Å². The summed E-state index contributed by atoms with van der Waals surface area (Å²) in [4.78, 5) is 0. The predicted octanol–water partition coefficient (Wildman–Crippen LogP) is 3.55. The molecule has 0 bridgehead atoms. The van der Waals surface area contributed by atoms with Gasteiger partial charge >= 0.3 is 0 Å². The monoisotopic (exact) mass is 269 g/mol. The lowest BCUT2D eigenvalue weighted by atomic mass is 9.88. The van der Waals surface area contributed by atoms with Gasteiger partial charge in [0.2, 0.25) is 0 Å². The minimum Gasteiger partial charge on any atom is -0.308 e. The molecule has 1 fully saturated rings. The first-order valence-corrected chi connectivity index (χ1v) is 7.43. The number of halogens is 1. The molecule has 1 aromatic rings. The van der Waals surface area contributed by atoms with Crippen LogP contribution in [0.1, 0.15) is 51.3 Å². The van der Waals surface area contributed by atoms with Gasteiger partial charge in [-0.1, -0.05) is 38.3 Å². The Labute approximate surface area is 115 Å². The highest BCUT2D eigenvalue weighted by atomic mass is 35.5. The highest BCUT2D eigenvalue weighted by Crippen LogP contribution is 2.41. The van der Waals surface area contributed by atoms with E-state index in [2.05, 4.69) is 24.3 Å². The van der Waals surface area contributed by atoms with Gasteiger partial charge in [0.15, 0.2) is 0 Å². The van der Waals surface area contributed by atoms with E-state index in [-0.39, 0.29) is 0 Å². The summed E-state index contributed by atoms with van der Waals surface area (Å²) in [5.41, 5.74) is 1.16. The van der Waals surface area contributed by atoms with Crippen LogP contribution in [0.3, 0.4) is 0 Å². The average Bonchev–Trinajstić information content (AvgIpc) is 2.90. The molecular formula is C14H24ClN3. The Morgan fingerprint density at radius 3 is 2.83 bits per heavy atom. The lowest BCUT2D eigenvalue weighted by molar-refractivity contribution is 0.291. The standard InChI is InChI=1S/C14H24ClN3/c1-4-8-16-13(11-7-5-6-10(11)2)14-12(15)9-17-18(14)3/h9-11,13,16H,4-8H2,1-3H3. The summed E-state index contributed by atoms with van der Waals surface area (Å²) in [6.07, 6.45) is 6.88. The number of hydrogen-bond donors (Lipinski definition) is 1. The van der Waals surface area contributed by atoms with Crippen LogP contribution in [0.2, 0.25) is 5.02 Å². The van der Waals surface area contributed by atoms with Gasteiger partial charge in [-0.3, -0.25) is 4.68 Å². The van der Waals surface area contributed by atoms with Crippen molar-refractivity contribution in [1.29, 1.82) is 0 Å². The van der Waals surface area contributed by atoms with Crippen molar-refractivity contribution in [3.05, 3.63) is 16.9 Å². The quantitative estimate of drug-likeness (QED) is 0.886. The molecule has 0 amide bonds. The summed E-state index contributed by atoms with van der Waals surface area (Å²) >= 11 is 6.32. The second-order valence-electron chi connectivity index (χ2n) is 5.51. The van der Waals surface area contributed by atoms with Crippen molar-refractivity contribution >= 4 is 11.6 Å². The molecule has 2 rings (SSSR count). The number of nitrogens with one attached hydrogen (secondary N) is 1. The van der Waals surface area contributed by atoms with Crippen LogP contribution in [0, 0.1) is 11.8 Å². The van der Waals surface area contributed by atoms with Gasteiger partial charge in [-0.15, -0.1) is 0 Å². The normalized spacial score (nSPS) is 25.6. The minimum atomic E-state index is 0.349. The van der Waals surface area contributed by atoms with Crippen molar-refractivity contribution in [2.24, 2.45) is 18.9 Å². The third-order valence-corrected chi connectivity index (χ3v) is 4.49. The molecule has 1 aliphatic rings. The molecule has 4 heteroatoms. The molecule has 0 spiro atoms. The van der Waals surface area contributed by atoms with E-state index in [4.69, 9.17) is 11.6 Å². The van der Waals surface area contributed by atoms with Crippen molar-refractivity contribution < 1.29 is 0 Å². The van der Waals surface area contributed by atoms with E-state index in [1.54, 1.807) is 6.20 Å². The zero-order chi connectivity index (χ0) is 13.1. The van der Waals surface area contributed by atoms with Gasteiger partial charge in [0.1, 0.15) is 0 Å². The molecular weight excluding hydrogens is 246 g/mol. The van der Waals surface area contributed by atoms with E-state index in [1.807, 2.05) is 11.7 Å². The summed E-state index contributed by atoms with van der Waals surface area (Å²) in [6.45, 7) is 5.60. The van der Waals surface area contributed by atoms with E-state index >= 15 is 0 Å². The van der Waals surface area contributed by atoms with Crippen LogP contribution in [-0.2, 0) is 7.05 Å². The second-order valence-corrected chi connectivity index (χ2v) is 5.91. The van der Waals surface area contributed by atoms with Crippen molar-refractivity contribution in [2.45, 2.75) is 45.6 Å². The van der Waals surface area contributed by atoms with Crippen molar-refractivity contribution in [3.8, 4) is 0 Å². The topological polar surface area (TPSA) is 29.9 Å². The fourth-order valence-electron chi connectivity index (χ4n) is 3.19. The van der Waals surface area contributed by atoms with Crippen LogP contribution in [0.15, 0.2) is 6.20 Å². The first-order chi connectivity index (χ1) is 8.65. The van der Waals surface area contributed by atoms with Gasteiger partial charge in [-0.2, -0.15) is 5.10 Å². The van der Waals surface area contributed by atoms with Crippen molar-refractivity contribution in [3.63, 3.8) is 0 Å². The molecule has 1 heterocycles. The molecule has 1 N–H and O–H groups in total. The third-order valence-electron chi connectivity index (χ3n) is 4.20. The Bertz CT molecular complexity index is 369. The van der Waals surface area contributed by atoms with E-state index in [0.717, 1.165) is 29.6 Å². The summed E-state index contributed by atoms with van der Waals surface area (Å²) in [5.74, 6) is 1.45. The Balaban J connectivity index is 2.24. The zero-order valence-electron chi connectivity index (χ0n) is 11.6. The zero-order valence-corrected chi connectivity index (χ0v) is 12.4.